The normalized spacial score (nSPS) is 17.4. The van der Waals surface area contributed by atoms with E-state index in [1.807, 2.05) is 6.20 Å². The van der Waals surface area contributed by atoms with E-state index < -0.39 is 0 Å². The van der Waals surface area contributed by atoms with E-state index in [9.17, 15) is 0 Å². The summed E-state index contributed by atoms with van der Waals surface area (Å²) in [6.45, 7) is 15.9. The van der Waals surface area contributed by atoms with Crippen LogP contribution in [-0.4, -0.2) is 65.6 Å². The van der Waals surface area contributed by atoms with Crippen molar-refractivity contribution < 1.29 is 0 Å². The zero-order valence-corrected chi connectivity index (χ0v) is 16.5. The molecule has 25 heavy (non-hydrogen) atoms. The van der Waals surface area contributed by atoms with Crippen LogP contribution in [0, 0.1) is 13.8 Å². The first-order valence-corrected chi connectivity index (χ1v) is 9.77. The van der Waals surface area contributed by atoms with Crippen LogP contribution in [-0.2, 0) is 6.54 Å². The summed E-state index contributed by atoms with van der Waals surface area (Å²) in [6.07, 6.45) is 5.73. The fourth-order valence-electron chi connectivity index (χ4n) is 3.39. The van der Waals surface area contributed by atoms with Gasteiger partial charge in [-0.3, -0.25) is 4.99 Å². The Kier molecular flexibility index (Phi) is 8.41. The summed E-state index contributed by atoms with van der Waals surface area (Å²) in [7, 11) is 0. The van der Waals surface area contributed by atoms with Crippen LogP contribution in [0.3, 0.4) is 0 Å². The molecule has 1 aromatic rings. The maximum atomic E-state index is 4.49. The molecule has 1 unspecified atom stereocenters. The van der Waals surface area contributed by atoms with E-state index >= 15 is 0 Å². The van der Waals surface area contributed by atoms with Gasteiger partial charge in [0.2, 0.25) is 0 Å². The molecule has 0 aliphatic carbocycles. The Morgan fingerprint density at radius 1 is 1.00 bits per heavy atom. The number of nitrogens with one attached hydrogen (secondary N) is 2. The topological polar surface area (TPSA) is 57.5 Å². The molecule has 0 aromatic carbocycles. The van der Waals surface area contributed by atoms with Crippen molar-refractivity contribution in [1.29, 1.82) is 0 Å². The Bertz CT molecular complexity index is 517. The van der Waals surface area contributed by atoms with Crippen LogP contribution in [0.25, 0.3) is 0 Å². The zero-order chi connectivity index (χ0) is 18.1. The third-order valence-corrected chi connectivity index (χ3v) is 5.04. The van der Waals surface area contributed by atoms with E-state index in [1.54, 1.807) is 0 Å². The summed E-state index contributed by atoms with van der Waals surface area (Å²) < 4.78 is 2.27. The predicted octanol–water partition coefficient (Wildman–Crippen LogP) is 1.97. The molecule has 1 aromatic heterocycles. The van der Waals surface area contributed by atoms with Crippen molar-refractivity contribution in [2.75, 3.05) is 39.3 Å². The number of hydrogen-bond acceptors (Lipinski definition) is 5. The lowest BCUT2D eigenvalue weighted by molar-refractivity contribution is 0.357. The lowest BCUT2D eigenvalue weighted by Crippen LogP contribution is -2.38. The third kappa shape index (κ3) is 6.44. The average Bonchev–Trinajstić information content (AvgIpc) is 3.08. The van der Waals surface area contributed by atoms with E-state index in [0.717, 1.165) is 51.6 Å². The molecule has 0 saturated heterocycles. The molecule has 6 heteroatoms. The van der Waals surface area contributed by atoms with Gasteiger partial charge in [-0.1, -0.05) is 6.42 Å². The molecule has 1 aliphatic heterocycles. The Morgan fingerprint density at radius 2 is 1.68 bits per heavy atom. The molecule has 2 N–H and O–H groups in total. The summed E-state index contributed by atoms with van der Waals surface area (Å²) in [5.74, 6) is 2.30. The first-order valence-electron chi connectivity index (χ1n) is 9.77. The van der Waals surface area contributed by atoms with Gasteiger partial charge in [0.15, 0.2) is 0 Å². The van der Waals surface area contributed by atoms with Gasteiger partial charge in [0, 0.05) is 44.1 Å². The Hall–Kier alpha value is -1.40. The number of aliphatic imine (C=N–C) groups is 1. The van der Waals surface area contributed by atoms with Gasteiger partial charge in [-0.15, -0.1) is 0 Å². The van der Waals surface area contributed by atoms with Crippen molar-refractivity contribution in [1.82, 2.24) is 25.1 Å². The van der Waals surface area contributed by atoms with Crippen molar-refractivity contribution in [3.63, 3.8) is 0 Å². The average molecular weight is 349 g/mol. The highest BCUT2D eigenvalue weighted by Gasteiger charge is 2.19. The zero-order valence-electron chi connectivity index (χ0n) is 16.5. The van der Waals surface area contributed by atoms with E-state index in [2.05, 4.69) is 57.8 Å². The fraction of sp³-hybridized carbons (Fsp3) is 0.789. The summed E-state index contributed by atoms with van der Waals surface area (Å²) in [6, 6.07) is 0.572. The number of hydrogen-bond donors (Lipinski definition) is 2. The van der Waals surface area contributed by atoms with Gasteiger partial charge in [-0.2, -0.15) is 0 Å². The Morgan fingerprint density at radius 3 is 2.24 bits per heavy atom. The summed E-state index contributed by atoms with van der Waals surface area (Å²) in [4.78, 5) is 11.2. The van der Waals surface area contributed by atoms with E-state index in [4.69, 9.17) is 0 Å². The number of nitrogens with zero attached hydrogens (tertiary/aromatic N) is 4. The van der Waals surface area contributed by atoms with Gasteiger partial charge in [0.1, 0.15) is 5.82 Å². The Labute approximate surface area is 153 Å². The quantitative estimate of drug-likeness (QED) is 0.567. The summed E-state index contributed by atoms with van der Waals surface area (Å²) in [5, 5.41) is 7.10. The molecule has 2 rings (SSSR count). The molecule has 0 bridgehead atoms. The molecule has 6 nitrogen and oxygen atoms in total. The van der Waals surface area contributed by atoms with Gasteiger partial charge < -0.3 is 20.1 Å². The molecule has 0 amide bonds. The molecule has 1 aliphatic rings. The Balaban J connectivity index is 1.38. The molecule has 0 radical (unpaired) electrons. The minimum atomic E-state index is 0.572. The minimum absolute atomic E-state index is 0.572. The number of aryl methyl sites for hydroxylation is 2. The van der Waals surface area contributed by atoms with E-state index in [0.29, 0.717) is 6.04 Å². The highest BCUT2D eigenvalue weighted by atomic mass is 15.3. The third-order valence-electron chi connectivity index (χ3n) is 5.04. The van der Waals surface area contributed by atoms with Crippen LogP contribution in [0.4, 0.5) is 0 Å². The lowest BCUT2D eigenvalue weighted by Gasteiger charge is -2.24. The van der Waals surface area contributed by atoms with Crippen LogP contribution in [0.1, 0.15) is 44.6 Å². The smallest absolute Gasteiger partial charge is 0.105 e. The van der Waals surface area contributed by atoms with Gasteiger partial charge in [-0.25, -0.2) is 4.98 Å². The van der Waals surface area contributed by atoms with Crippen LogP contribution in [0.2, 0.25) is 0 Å². The van der Waals surface area contributed by atoms with Crippen molar-refractivity contribution in [2.45, 2.75) is 59.5 Å². The van der Waals surface area contributed by atoms with Crippen LogP contribution in [0.5, 0.6) is 0 Å². The fourth-order valence-corrected chi connectivity index (χ4v) is 3.39. The maximum absolute atomic E-state index is 4.49. The van der Waals surface area contributed by atoms with Gasteiger partial charge in [0.05, 0.1) is 12.4 Å². The van der Waals surface area contributed by atoms with E-state index in [-0.39, 0.29) is 0 Å². The van der Waals surface area contributed by atoms with Crippen molar-refractivity contribution in [3.05, 3.63) is 17.7 Å². The highest BCUT2D eigenvalue weighted by molar-refractivity contribution is 5.81. The maximum Gasteiger partial charge on any atom is 0.105 e. The van der Waals surface area contributed by atoms with Crippen molar-refractivity contribution >= 4 is 5.84 Å². The molecule has 0 fully saturated rings. The highest BCUT2D eigenvalue weighted by Crippen LogP contribution is 2.08. The molecule has 0 saturated carbocycles. The summed E-state index contributed by atoms with van der Waals surface area (Å²) >= 11 is 0. The van der Waals surface area contributed by atoms with E-state index in [1.165, 1.54) is 30.8 Å². The van der Waals surface area contributed by atoms with Crippen molar-refractivity contribution in [2.24, 2.45) is 4.99 Å². The van der Waals surface area contributed by atoms with Gasteiger partial charge >= 0.3 is 0 Å². The molecule has 2 heterocycles. The SMILES string of the molecule is CC1=NCC(C)N1CCNCCCCCNCCn1c(C)cnc1C. The molecular formula is C19H36N6. The van der Waals surface area contributed by atoms with Gasteiger partial charge in [-0.05, 0) is 53.6 Å². The second-order valence-electron chi connectivity index (χ2n) is 7.09. The number of rotatable bonds is 12. The monoisotopic (exact) mass is 348 g/mol. The summed E-state index contributed by atoms with van der Waals surface area (Å²) in [5.41, 5.74) is 1.25. The molecular weight excluding hydrogens is 312 g/mol. The first kappa shape index (κ1) is 19.9. The second kappa shape index (κ2) is 10.6. The predicted molar refractivity (Wildman–Crippen MR) is 105 cm³/mol. The van der Waals surface area contributed by atoms with Crippen LogP contribution >= 0.6 is 0 Å². The number of amidine groups is 1. The molecule has 142 valence electrons. The standard InChI is InChI=1S/C19H36N6/c1-16-14-22-18(3)24(16)12-10-20-8-6-5-7-9-21-11-13-25-17(2)15-23-19(25)4/h14,17,20-21H,5-13,15H2,1-4H3. The number of aromatic nitrogens is 2. The van der Waals surface area contributed by atoms with Crippen molar-refractivity contribution in [3.8, 4) is 0 Å². The second-order valence-corrected chi connectivity index (χ2v) is 7.09. The number of imidazole rings is 1. The van der Waals surface area contributed by atoms with Gasteiger partial charge in [0.25, 0.3) is 0 Å². The minimum Gasteiger partial charge on any atom is -0.355 e. The van der Waals surface area contributed by atoms with Crippen LogP contribution < -0.4 is 10.6 Å². The molecule has 0 spiro atoms. The lowest BCUT2D eigenvalue weighted by atomic mass is 10.2. The number of unbranched alkanes of at least 4 members (excludes halogenated alkanes) is 2. The van der Waals surface area contributed by atoms with Crippen LogP contribution in [0.15, 0.2) is 11.2 Å². The first-order chi connectivity index (χ1) is 12.1. The molecule has 1 atom stereocenters. The largest absolute Gasteiger partial charge is 0.355 e.